The van der Waals surface area contributed by atoms with Gasteiger partial charge in [-0.15, -0.1) is 0 Å². The molecule has 0 aromatic heterocycles. The van der Waals surface area contributed by atoms with E-state index < -0.39 is 0 Å². The number of benzene rings is 1. The van der Waals surface area contributed by atoms with Crippen LogP contribution in [0, 0.1) is 6.92 Å². The molecule has 1 heterocycles. The molecule has 0 saturated carbocycles. The normalized spacial score (nSPS) is 21.6. The highest BCUT2D eigenvalue weighted by molar-refractivity contribution is 5.38. The van der Waals surface area contributed by atoms with Crippen molar-refractivity contribution in [2.24, 2.45) is 5.73 Å². The molecule has 1 aromatic carbocycles. The van der Waals surface area contributed by atoms with Crippen molar-refractivity contribution in [1.82, 2.24) is 5.32 Å². The molecule has 3 heteroatoms. The number of rotatable bonds is 4. The third kappa shape index (κ3) is 2.85. The monoisotopic (exact) mass is 248 g/mol. The predicted molar refractivity (Wildman–Crippen MR) is 75.2 cm³/mol. The van der Waals surface area contributed by atoms with Crippen molar-refractivity contribution in [2.75, 3.05) is 20.2 Å². The molecule has 3 N–H and O–H groups in total. The lowest BCUT2D eigenvalue weighted by atomic mass is 9.86. The summed E-state index contributed by atoms with van der Waals surface area (Å²) in [5.74, 6) is 1.36. The molecule has 0 radical (unpaired) electrons. The third-order valence-electron chi connectivity index (χ3n) is 3.94. The summed E-state index contributed by atoms with van der Waals surface area (Å²) in [5.41, 5.74) is 8.50. The van der Waals surface area contributed by atoms with Crippen LogP contribution in [0.1, 0.15) is 36.3 Å². The molecule has 1 aromatic rings. The lowest BCUT2D eigenvalue weighted by Gasteiger charge is -2.31. The van der Waals surface area contributed by atoms with Crippen LogP contribution < -0.4 is 15.8 Å². The molecule has 0 spiro atoms. The highest BCUT2D eigenvalue weighted by Crippen LogP contribution is 2.28. The van der Waals surface area contributed by atoms with Gasteiger partial charge in [-0.1, -0.05) is 18.6 Å². The average Bonchev–Trinajstić information content (AvgIpc) is 2.41. The minimum absolute atomic E-state index is 0.412. The Labute approximate surface area is 110 Å². The number of hydrogen-bond acceptors (Lipinski definition) is 3. The Morgan fingerprint density at radius 2 is 2.28 bits per heavy atom. The van der Waals surface area contributed by atoms with E-state index in [9.17, 15) is 0 Å². The van der Waals surface area contributed by atoms with Gasteiger partial charge in [-0.2, -0.15) is 0 Å². The van der Waals surface area contributed by atoms with E-state index in [4.69, 9.17) is 10.5 Å². The molecule has 1 fully saturated rings. The molecule has 18 heavy (non-hydrogen) atoms. The molecule has 0 amide bonds. The molecule has 0 bridgehead atoms. The molecule has 2 unspecified atom stereocenters. The lowest BCUT2D eigenvalue weighted by molar-refractivity contribution is 0.352. The Morgan fingerprint density at radius 3 is 2.83 bits per heavy atom. The van der Waals surface area contributed by atoms with Gasteiger partial charge in [-0.05, 0) is 43.5 Å². The summed E-state index contributed by atoms with van der Waals surface area (Å²) in [4.78, 5) is 0. The summed E-state index contributed by atoms with van der Waals surface area (Å²) in [6.07, 6.45) is 3.83. The van der Waals surface area contributed by atoms with Gasteiger partial charge in [0.2, 0.25) is 0 Å². The molecule has 100 valence electrons. The summed E-state index contributed by atoms with van der Waals surface area (Å²) in [7, 11) is 1.71. The number of methoxy groups -OCH3 is 1. The van der Waals surface area contributed by atoms with E-state index >= 15 is 0 Å². The summed E-state index contributed by atoms with van der Waals surface area (Å²) >= 11 is 0. The first-order chi connectivity index (χ1) is 8.76. The smallest absolute Gasteiger partial charge is 0.121 e. The summed E-state index contributed by atoms with van der Waals surface area (Å²) in [6, 6.07) is 6.94. The molecule has 2 atom stereocenters. The van der Waals surface area contributed by atoms with Gasteiger partial charge in [0.05, 0.1) is 7.11 Å². The van der Waals surface area contributed by atoms with Crippen LogP contribution in [0.2, 0.25) is 0 Å². The van der Waals surface area contributed by atoms with Crippen LogP contribution in [0.15, 0.2) is 18.2 Å². The first-order valence-electron chi connectivity index (χ1n) is 6.84. The van der Waals surface area contributed by atoms with Crippen molar-refractivity contribution < 1.29 is 4.74 Å². The van der Waals surface area contributed by atoms with Gasteiger partial charge in [0.25, 0.3) is 0 Å². The van der Waals surface area contributed by atoms with Crippen molar-refractivity contribution in [2.45, 2.75) is 38.1 Å². The minimum Gasteiger partial charge on any atom is -0.496 e. The second-order valence-corrected chi connectivity index (χ2v) is 5.13. The molecule has 2 rings (SSSR count). The van der Waals surface area contributed by atoms with Gasteiger partial charge < -0.3 is 15.8 Å². The maximum atomic E-state index is 5.99. The van der Waals surface area contributed by atoms with Crippen LogP contribution in [0.4, 0.5) is 0 Å². The van der Waals surface area contributed by atoms with Crippen molar-refractivity contribution in [1.29, 1.82) is 0 Å². The maximum absolute atomic E-state index is 5.99. The molecule has 0 aliphatic carbocycles. The second-order valence-electron chi connectivity index (χ2n) is 5.13. The average molecular weight is 248 g/mol. The third-order valence-corrected chi connectivity index (χ3v) is 3.94. The number of nitrogens with two attached hydrogens (primary N) is 1. The Morgan fingerprint density at radius 1 is 1.44 bits per heavy atom. The zero-order valence-corrected chi connectivity index (χ0v) is 11.4. The van der Waals surface area contributed by atoms with E-state index in [0.29, 0.717) is 18.5 Å². The molecular formula is C15H24N2O. The van der Waals surface area contributed by atoms with Crippen LogP contribution in [0.25, 0.3) is 0 Å². The lowest BCUT2D eigenvalue weighted by Crippen LogP contribution is -2.41. The number of nitrogens with one attached hydrogen (secondary N) is 1. The molecular weight excluding hydrogens is 224 g/mol. The predicted octanol–water partition coefficient (Wildman–Crippen LogP) is 2.19. The number of hydrogen-bond donors (Lipinski definition) is 2. The highest BCUT2D eigenvalue weighted by atomic mass is 16.5. The van der Waals surface area contributed by atoms with Gasteiger partial charge in [-0.3, -0.25) is 0 Å². The fourth-order valence-electron chi connectivity index (χ4n) is 2.89. The second kappa shape index (κ2) is 6.21. The fraction of sp³-hybridized carbons (Fsp3) is 0.600. The van der Waals surface area contributed by atoms with E-state index in [1.807, 2.05) is 0 Å². The van der Waals surface area contributed by atoms with Crippen molar-refractivity contribution in [3.63, 3.8) is 0 Å². The van der Waals surface area contributed by atoms with Crippen molar-refractivity contribution >= 4 is 0 Å². The van der Waals surface area contributed by atoms with E-state index in [2.05, 4.69) is 30.4 Å². The highest BCUT2D eigenvalue weighted by Gasteiger charge is 2.23. The Balaban J connectivity index is 2.18. The SMILES string of the molecule is COc1ccc(C(CN)C2CCCCN2)cc1C. The van der Waals surface area contributed by atoms with Crippen molar-refractivity contribution in [3.05, 3.63) is 29.3 Å². The summed E-state index contributed by atoms with van der Waals surface area (Å²) < 4.78 is 5.31. The van der Waals surface area contributed by atoms with Crippen LogP contribution in [-0.4, -0.2) is 26.2 Å². The van der Waals surface area contributed by atoms with E-state index in [0.717, 1.165) is 12.3 Å². The fourth-order valence-corrected chi connectivity index (χ4v) is 2.89. The van der Waals surface area contributed by atoms with Crippen LogP contribution in [0.5, 0.6) is 5.75 Å². The van der Waals surface area contributed by atoms with Gasteiger partial charge in [0.1, 0.15) is 5.75 Å². The van der Waals surface area contributed by atoms with Gasteiger partial charge in [-0.25, -0.2) is 0 Å². The molecule has 1 aliphatic rings. The molecule has 1 saturated heterocycles. The quantitative estimate of drug-likeness (QED) is 0.858. The summed E-state index contributed by atoms with van der Waals surface area (Å²) in [5, 5.41) is 3.61. The van der Waals surface area contributed by atoms with Gasteiger partial charge >= 0.3 is 0 Å². The van der Waals surface area contributed by atoms with Gasteiger partial charge in [0.15, 0.2) is 0 Å². The standard InChI is InChI=1S/C15H24N2O/c1-11-9-12(6-7-15(11)18-2)13(10-16)14-5-3-4-8-17-14/h6-7,9,13-14,17H,3-5,8,10,16H2,1-2H3. The first kappa shape index (κ1) is 13.4. The Kier molecular flexibility index (Phi) is 4.61. The first-order valence-corrected chi connectivity index (χ1v) is 6.84. The zero-order chi connectivity index (χ0) is 13.0. The van der Waals surface area contributed by atoms with Crippen LogP contribution in [0.3, 0.4) is 0 Å². The van der Waals surface area contributed by atoms with E-state index in [-0.39, 0.29) is 0 Å². The van der Waals surface area contributed by atoms with E-state index in [1.54, 1.807) is 7.11 Å². The Hall–Kier alpha value is -1.06. The molecule has 3 nitrogen and oxygen atoms in total. The number of piperidine rings is 1. The number of ether oxygens (including phenoxy) is 1. The topological polar surface area (TPSA) is 47.3 Å². The molecule has 1 aliphatic heterocycles. The zero-order valence-electron chi connectivity index (χ0n) is 11.4. The van der Waals surface area contributed by atoms with Gasteiger partial charge in [0, 0.05) is 18.5 Å². The van der Waals surface area contributed by atoms with Crippen LogP contribution in [-0.2, 0) is 0 Å². The maximum Gasteiger partial charge on any atom is 0.121 e. The van der Waals surface area contributed by atoms with Crippen LogP contribution >= 0.6 is 0 Å². The van der Waals surface area contributed by atoms with E-state index in [1.165, 1.54) is 30.4 Å². The summed E-state index contributed by atoms with van der Waals surface area (Å²) in [6.45, 7) is 3.91. The number of aryl methyl sites for hydroxylation is 1. The Bertz CT molecular complexity index is 386. The minimum atomic E-state index is 0.412. The van der Waals surface area contributed by atoms with Crippen molar-refractivity contribution in [3.8, 4) is 5.75 Å². The largest absolute Gasteiger partial charge is 0.496 e.